The minimum absolute atomic E-state index is 0.0538. The topological polar surface area (TPSA) is 56.5 Å². The predicted octanol–water partition coefficient (Wildman–Crippen LogP) is 1.63. The number of ketones is 1. The highest BCUT2D eigenvalue weighted by atomic mass is 35.5. The molecule has 1 aromatic heterocycles. The lowest BCUT2D eigenvalue weighted by atomic mass is 10.2. The highest BCUT2D eigenvalue weighted by molar-refractivity contribution is 6.43. The standard InChI is InChI=1S/C9H9ClO4/c1-2-13-9(12)7(10)8(11)6-4-3-5-14-6/h3-5,7H,2H2,1H3. The molecule has 1 heterocycles. The highest BCUT2D eigenvalue weighted by Crippen LogP contribution is 2.10. The summed E-state index contributed by atoms with van der Waals surface area (Å²) < 4.78 is 9.39. The second-order valence-electron chi connectivity index (χ2n) is 2.46. The third-order valence-corrected chi connectivity index (χ3v) is 1.86. The van der Waals surface area contributed by atoms with Gasteiger partial charge in [-0.25, -0.2) is 4.79 Å². The van der Waals surface area contributed by atoms with Gasteiger partial charge in [0.15, 0.2) is 11.1 Å². The molecule has 1 rings (SSSR count). The molecule has 0 amide bonds. The Balaban J connectivity index is 2.66. The molecule has 0 saturated heterocycles. The van der Waals surface area contributed by atoms with Crippen molar-refractivity contribution in [2.24, 2.45) is 0 Å². The van der Waals surface area contributed by atoms with E-state index in [2.05, 4.69) is 4.74 Å². The summed E-state index contributed by atoms with van der Waals surface area (Å²) in [4.78, 5) is 22.5. The number of carbonyl (C=O) groups is 2. The molecular weight excluding hydrogens is 208 g/mol. The van der Waals surface area contributed by atoms with Crippen LogP contribution in [0.15, 0.2) is 22.8 Å². The zero-order valence-electron chi connectivity index (χ0n) is 7.53. The average Bonchev–Trinajstić information content (AvgIpc) is 2.68. The maximum atomic E-state index is 11.4. The maximum absolute atomic E-state index is 11.4. The van der Waals surface area contributed by atoms with E-state index in [-0.39, 0.29) is 12.4 Å². The van der Waals surface area contributed by atoms with E-state index in [4.69, 9.17) is 16.0 Å². The van der Waals surface area contributed by atoms with Crippen molar-refractivity contribution in [1.82, 2.24) is 0 Å². The molecule has 5 heteroatoms. The number of hydrogen-bond acceptors (Lipinski definition) is 4. The molecule has 0 radical (unpaired) electrons. The third-order valence-electron chi connectivity index (χ3n) is 1.49. The van der Waals surface area contributed by atoms with Gasteiger partial charge >= 0.3 is 5.97 Å². The van der Waals surface area contributed by atoms with Gasteiger partial charge in [0.25, 0.3) is 0 Å². The number of rotatable bonds is 4. The molecule has 76 valence electrons. The van der Waals surface area contributed by atoms with Crippen LogP contribution in [0.5, 0.6) is 0 Å². The number of halogens is 1. The van der Waals surface area contributed by atoms with Crippen LogP contribution in [0, 0.1) is 0 Å². The molecule has 0 spiro atoms. The van der Waals surface area contributed by atoms with Crippen LogP contribution in [0.2, 0.25) is 0 Å². The lowest BCUT2D eigenvalue weighted by Crippen LogP contribution is -2.26. The summed E-state index contributed by atoms with van der Waals surface area (Å²) in [6.07, 6.45) is 1.34. The van der Waals surface area contributed by atoms with E-state index in [0.29, 0.717) is 0 Å². The van der Waals surface area contributed by atoms with Crippen molar-refractivity contribution >= 4 is 23.4 Å². The SMILES string of the molecule is CCOC(=O)C(Cl)C(=O)c1ccco1. The first kappa shape index (κ1) is 10.8. The van der Waals surface area contributed by atoms with Crippen LogP contribution >= 0.6 is 11.6 Å². The number of carbonyl (C=O) groups excluding carboxylic acids is 2. The van der Waals surface area contributed by atoms with Crippen LogP contribution in [0.4, 0.5) is 0 Å². The second-order valence-corrected chi connectivity index (χ2v) is 2.89. The Hall–Kier alpha value is -1.29. The van der Waals surface area contributed by atoms with Crippen molar-refractivity contribution < 1.29 is 18.7 Å². The van der Waals surface area contributed by atoms with Gasteiger partial charge in [-0.3, -0.25) is 4.79 Å². The van der Waals surface area contributed by atoms with Gasteiger partial charge in [0.2, 0.25) is 5.78 Å². The first-order valence-electron chi connectivity index (χ1n) is 4.05. The van der Waals surface area contributed by atoms with Gasteiger partial charge in [0.05, 0.1) is 12.9 Å². The fraction of sp³-hybridized carbons (Fsp3) is 0.333. The normalized spacial score (nSPS) is 12.1. The van der Waals surface area contributed by atoms with Crippen LogP contribution in [0.3, 0.4) is 0 Å². The summed E-state index contributed by atoms with van der Waals surface area (Å²) in [5.41, 5.74) is 0. The van der Waals surface area contributed by atoms with Crippen molar-refractivity contribution in [3.63, 3.8) is 0 Å². The molecule has 0 aliphatic rings. The molecule has 14 heavy (non-hydrogen) atoms. The zero-order valence-corrected chi connectivity index (χ0v) is 8.28. The molecule has 0 aromatic carbocycles. The summed E-state index contributed by atoms with van der Waals surface area (Å²) in [6.45, 7) is 1.83. The smallest absolute Gasteiger partial charge is 0.332 e. The maximum Gasteiger partial charge on any atom is 0.332 e. The van der Waals surface area contributed by atoms with Crippen molar-refractivity contribution in [3.05, 3.63) is 24.2 Å². The minimum atomic E-state index is -1.33. The largest absolute Gasteiger partial charge is 0.465 e. The summed E-state index contributed by atoms with van der Waals surface area (Å²) >= 11 is 5.57. The summed E-state index contributed by atoms with van der Waals surface area (Å²) in [5.74, 6) is -1.29. The minimum Gasteiger partial charge on any atom is -0.465 e. The fourth-order valence-corrected chi connectivity index (χ4v) is 1.04. The van der Waals surface area contributed by atoms with Crippen LogP contribution in [0.1, 0.15) is 17.5 Å². The van der Waals surface area contributed by atoms with Crippen molar-refractivity contribution in [2.45, 2.75) is 12.3 Å². The molecule has 0 aliphatic heterocycles. The molecule has 1 aromatic rings. The molecule has 4 nitrogen and oxygen atoms in total. The quantitative estimate of drug-likeness (QED) is 0.332. The Morgan fingerprint density at radius 2 is 2.36 bits per heavy atom. The van der Waals surface area contributed by atoms with E-state index in [1.807, 2.05) is 0 Å². The van der Waals surface area contributed by atoms with E-state index in [1.165, 1.54) is 12.3 Å². The molecule has 0 fully saturated rings. The number of ether oxygens (including phenoxy) is 1. The molecule has 0 N–H and O–H groups in total. The lowest BCUT2D eigenvalue weighted by Gasteiger charge is -2.05. The molecule has 0 saturated carbocycles. The predicted molar refractivity (Wildman–Crippen MR) is 49.3 cm³/mol. The van der Waals surface area contributed by atoms with Crippen molar-refractivity contribution in [3.8, 4) is 0 Å². The summed E-state index contributed by atoms with van der Waals surface area (Å²) in [5, 5.41) is -1.33. The summed E-state index contributed by atoms with van der Waals surface area (Å²) in [7, 11) is 0. The third kappa shape index (κ3) is 2.35. The van der Waals surface area contributed by atoms with Gasteiger partial charge in [-0.1, -0.05) is 0 Å². The van der Waals surface area contributed by atoms with E-state index >= 15 is 0 Å². The number of Topliss-reactive ketones (excluding diaryl/α,β-unsaturated/α-hetero) is 1. The lowest BCUT2D eigenvalue weighted by molar-refractivity contribution is -0.141. The van der Waals surface area contributed by atoms with E-state index in [1.54, 1.807) is 13.0 Å². The van der Waals surface area contributed by atoms with Gasteiger partial charge < -0.3 is 9.15 Å². The van der Waals surface area contributed by atoms with Gasteiger partial charge in [-0.2, -0.15) is 0 Å². The number of furan rings is 1. The number of hydrogen-bond donors (Lipinski definition) is 0. The summed E-state index contributed by atoms with van der Waals surface area (Å²) in [6, 6.07) is 2.99. The fourth-order valence-electron chi connectivity index (χ4n) is 0.866. The van der Waals surface area contributed by atoms with Crippen LogP contribution < -0.4 is 0 Å². The molecule has 0 bridgehead atoms. The Bertz CT molecular complexity index is 318. The molecule has 1 unspecified atom stereocenters. The molecular formula is C9H9ClO4. The monoisotopic (exact) mass is 216 g/mol. The Morgan fingerprint density at radius 3 is 2.86 bits per heavy atom. The first-order chi connectivity index (χ1) is 6.66. The number of esters is 1. The van der Waals surface area contributed by atoms with Crippen LogP contribution in [-0.2, 0) is 9.53 Å². The van der Waals surface area contributed by atoms with Crippen LogP contribution in [-0.4, -0.2) is 23.7 Å². The van der Waals surface area contributed by atoms with Gasteiger partial charge in [-0.15, -0.1) is 11.6 Å². The Labute approximate surface area is 85.8 Å². The second kappa shape index (κ2) is 4.81. The Morgan fingerprint density at radius 1 is 1.64 bits per heavy atom. The zero-order chi connectivity index (χ0) is 10.6. The van der Waals surface area contributed by atoms with E-state index in [0.717, 1.165) is 0 Å². The van der Waals surface area contributed by atoms with Crippen LogP contribution in [0.25, 0.3) is 0 Å². The Kier molecular flexibility index (Phi) is 3.71. The van der Waals surface area contributed by atoms with Gasteiger partial charge in [-0.05, 0) is 19.1 Å². The average molecular weight is 217 g/mol. The van der Waals surface area contributed by atoms with Crippen molar-refractivity contribution in [1.29, 1.82) is 0 Å². The molecule has 0 aliphatic carbocycles. The van der Waals surface area contributed by atoms with Crippen molar-refractivity contribution in [2.75, 3.05) is 6.61 Å². The van der Waals surface area contributed by atoms with Gasteiger partial charge in [0.1, 0.15) is 0 Å². The molecule has 1 atom stereocenters. The number of alkyl halides is 1. The first-order valence-corrected chi connectivity index (χ1v) is 4.49. The van der Waals surface area contributed by atoms with E-state index < -0.39 is 17.1 Å². The van der Waals surface area contributed by atoms with E-state index in [9.17, 15) is 9.59 Å². The van der Waals surface area contributed by atoms with Gasteiger partial charge in [0, 0.05) is 0 Å². The highest BCUT2D eigenvalue weighted by Gasteiger charge is 2.28.